The monoisotopic (exact) mass is 378 g/mol. The highest BCUT2D eigenvalue weighted by Crippen LogP contribution is 2.26. The van der Waals surface area contributed by atoms with E-state index in [4.69, 9.17) is 0 Å². The Labute approximate surface area is 152 Å². The second kappa shape index (κ2) is 8.12. The van der Waals surface area contributed by atoms with Crippen molar-refractivity contribution in [3.63, 3.8) is 0 Å². The minimum Gasteiger partial charge on any atom is -0.355 e. The first-order valence-corrected chi connectivity index (χ1v) is 10.7. The van der Waals surface area contributed by atoms with E-state index < -0.39 is 10.0 Å². The Bertz CT molecular complexity index is 789. The number of rotatable bonds is 6. The number of nitrogens with zero attached hydrogens (tertiary/aromatic N) is 1. The van der Waals surface area contributed by atoms with E-state index >= 15 is 0 Å². The summed E-state index contributed by atoms with van der Waals surface area (Å²) >= 11 is 1.21. The summed E-state index contributed by atoms with van der Waals surface area (Å²) in [6.07, 6.45) is 2.21. The van der Waals surface area contributed by atoms with Gasteiger partial charge in [-0.2, -0.15) is 4.31 Å². The zero-order chi connectivity index (χ0) is 17.7. The van der Waals surface area contributed by atoms with E-state index in [0.29, 0.717) is 23.7 Å². The predicted octanol–water partition coefficient (Wildman–Crippen LogP) is 2.51. The van der Waals surface area contributed by atoms with Crippen molar-refractivity contribution in [1.29, 1.82) is 0 Å². The van der Waals surface area contributed by atoms with E-state index in [-0.39, 0.29) is 18.4 Å². The summed E-state index contributed by atoms with van der Waals surface area (Å²) in [5, 5.41) is 4.70. The molecule has 134 valence electrons. The molecule has 3 rings (SSSR count). The lowest BCUT2D eigenvalue weighted by Gasteiger charge is -2.30. The van der Waals surface area contributed by atoms with Crippen LogP contribution in [-0.2, 0) is 21.2 Å². The normalized spacial score (nSPS) is 18.8. The molecule has 0 spiro atoms. The number of thiophene rings is 1. The van der Waals surface area contributed by atoms with Crippen LogP contribution in [0.1, 0.15) is 18.4 Å². The zero-order valence-electron chi connectivity index (χ0n) is 13.9. The van der Waals surface area contributed by atoms with Crippen molar-refractivity contribution in [2.75, 3.05) is 19.6 Å². The van der Waals surface area contributed by atoms with Crippen LogP contribution >= 0.6 is 11.3 Å². The standard InChI is InChI=1S/C18H22N2O3S2/c21-18(19-11-10-15-6-2-1-3-7-15)16-8-4-12-20(14-16)25(22,23)17-9-5-13-24-17/h1-3,5-7,9,13,16H,4,8,10-12,14H2,(H,19,21)/t16-/m1/s1. The summed E-state index contributed by atoms with van der Waals surface area (Å²) in [5.74, 6) is -0.332. The first-order valence-electron chi connectivity index (χ1n) is 8.42. The SMILES string of the molecule is O=C(NCCc1ccccc1)[C@@H]1CCCN(S(=O)(=O)c2cccs2)C1. The lowest BCUT2D eigenvalue weighted by atomic mass is 9.99. The van der Waals surface area contributed by atoms with Gasteiger partial charge in [-0.15, -0.1) is 11.3 Å². The molecule has 1 aliphatic heterocycles. The van der Waals surface area contributed by atoms with Crippen LogP contribution in [0.2, 0.25) is 0 Å². The second-order valence-electron chi connectivity index (χ2n) is 6.16. The maximum atomic E-state index is 12.6. The highest BCUT2D eigenvalue weighted by atomic mass is 32.2. The molecule has 7 heteroatoms. The molecule has 0 unspecified atom stereocenters. The van der Waals surface area contributed by atoms with E-state index in [0.717, 1.165) is 12.8 Å². The zero-order valence-corrected chi connectivity index (χ0v) is 15.6. The molecule has 1 fully saturated rings. The van der Waals surface area contributed by atoms with Gasteiger partial charge in [-0.25, -0.2) is 8.42 Å². The minimum atomic E-state index is -3.48. The third-order valence-corrected chi connectivity index (χ3v) is 7.64. The van der Waals surface area contributed by atoms with Gasteiger partial charge in [-0.05, 0) is 36.3 Å². The number of sulfonamides is 1. The van der Waals surface area contributed by atoms with E-state index in [1.807, 2.05) is 30.3 Å². The average Bonchev–Trinajstić information content (AvgIpc) is 3.18. The van der Waals surface area contributed by atoms with Gasteiger partial charge in [0.1, 0.15) is 4.21 Å². The van der Waals surface area contributed by atoms with Gasteiger partial charge in [0.15, 0.2) is 0 Å². The number of nitrogens with one attached hydrogen (secondary N) is 1. The largest absolute Gasteiger partial charge is 0.355 e. The van der Waals surface area contributed by atoms with Crippen LogP contribution in [0.3, 0.4) is 0 Å². The third kappa shape index (κ3) is 4.48. The fourth-order valence-electron chi connectivity index (χ4n) is 3.03. The van der Waals surface area contributed by atoms with Crippen LogP contribution in [0.4, 0.5) is 0 Å². The molecular formula is C18H22N2O3S2. The van der Waals surface area contributed by atoms with Crippen LogP contribution in [0.5, 0.6) is 0 Å². The van der Waals surface area contributed by atoms with E-state index in [1.54, 1.807) is 17.5 Å². The fraction of sp³-hybridized carbons (Fsp3) is 0.389. The van der Waals surface area contributed by atoms with E-state index in [1.165, 1.54) is 21.2 Å². The molecule has 25 heavy (non-hydrogen) atoms. The molecule has 0 bridgehead atoms. The minimum absolute atomic E-state index is 0.0537. The molecule has 2 aromatic rings. The number of hydrogen-bond acceptors (Lipinski definition) is 4. The first-order chi connectivity index (χ1) is 12.1. The number of piperidine rings is 1. The van der Waals surface area contributed by atoms with Gasteiger partial charge in [-0.1, -0.05) is 36.4 Å². The third-order valence-electron chi connectivity index (χ3n) is 4.40. The maximum Gasteiger partial charge on any atom is 0.252 e. The molecule has 0 aliphatic carbocycles. The van der Waals surface area contributed by atoms with E-state index in [9.17, 15) is 13.2 Å². The van der Waals surface area contributed by atoms with Crippen molar-refractivity contribution < 1.29 is 13.2 Å². The van der Waals surface area contributed by atoms with Crippen molar-refractivity contribution in [3.05, 3.63) is 53.4 Å². The van der Waals surface area contributed by atoms with Crippen LogP contribution in [0.25, 0.3) is 0 Å². The molecule has 1 N–H and O–H groups in total. The molecule has 0 saturated carbocycles. The Morgan fingerprint density at radius 2 is 2.00 bits per heavy atom. The summed E-state index contributed by atoms with van der Waals surface area (Å²) in [4.78, 5) is 12.4. The summed E-state index contributed by atoms with van der Waals surface area (Å²) < 4.78 is 27.0. The molecule has 1 aromatic carbocycles. The number of carbonyl (C=O) groups is 1. The van der Waals surface area contributed by atoms with Gasteiger partial charge >= 0.3 is 0 Å². The van der Waals surface area contributed by atoms with Crippen LogP contribution in [0, 0.1) is 5.92 Å². The Hall–Kier alpha value is -1.70. The topological polar surface area (TPSA) is 66.5 Å². The van der Waals surface area contributed by atoms with Crippen molar-refractivity contribution in [1.82, 2.24) is 9.62 Å². The number of hydrogen-bond donors (Lipinski definition) is 1. The highest BCUT2D eigenvalue weighted by Gasteiger charge is 2.33. The molecule has 1 amide bonds. The molecule has 1 aromatic heterocycles. The Morgan fingerprint density at radius 1 is 1.20 bits per heavy atom. The Balaban J connectivity index is 1.55. The van der Waals surface area contributed by atoms with Crippen LogP contribution < -0.4 is 5.32 Å². The number of carbonyl (C=O) groups excluding carboxylic acids is 1. The van der Waals surface area contributed by atoms with Crippen molar-refractivity contribution >= 4 is 27.3 Å². The second-order valence-corrected chi connectivity index (χ2v) is 9.27. The number of amides is 1. The van der Waals surface area contributed by atoms with Gasteiger partial charge in [0.2, 0.25) is 5.91 Å². The van der Waals surface area contributed by atoms with Gasteiger partial charge in [0.25, 0.3) is 10.0 Å². The number of benzene rings is 1. The lowest BCUT2D eigenvalue weighted by Crippen LogP contribution is -2.45. The lowest BCUT2D eigenvalue weighted by molar-refractivity contribution is -0.126. The summed E-state index contributed by atoms with van der Waals surface area (Å²) in [6, 6.07) is 13.3. The maximum absolute atomic E-state index is 12.6. The highest BCUT2D eigenvalue weighted by molar-refractivity contribution is 7.91. The van der Waals surface area contributed by atoms with Gasteiger partial charge in [0.05, 0.1) is 5.92 Å². The smallest absolute Gasteiger partial charge is 0.252 e. The predicted molar refractivity (Wildman–Crippen MR) is 99.0 cm³/mol. The summed E-state index contributed by atoms with van der Waals surface area (Å²) in [6.45, 7) is 1.31. The molecular weight excluding hydrogens is 356 g/mol. The Kier molecular flexibility index (Phi) is 5.88. The van der Waals surface area contributed by atoms with Crippen LogP contribution in [0.15, 0.2) is 52.1 Å². The molecule has 1 saturated heterocycles. The van der Waals surface area contributed by atoms with Gasteiger partial charge in [-0.3, -0.25) is 4.79 Å². The van der Waals surface area contributed by atoms with E-state index in [2.05, 4.69) is 5.32 Å². The van der Waals surface area contributed by atoms with Crippen molar-refractivity contribution in [2.45, 2.75) is 23.5 Å². The molecule has 2 heterocycles. The molecule has 0 radical (unpaired) electrons. The fourth-order valence-corrected chi connectivity index (χ4v) is 5.70. The summed E-state index contributed by atoms with van der Waals surface area (Å²) in [7, 11) is -3.48. The average molecular weight is 379 g/mol. The van der Waals surface area contributed by atoms with Crippen molar-refractivity contribution in [2.24, 2.45) is 5.92 Å². The molecule has 1 atom stereocenters. The Morgan fingerprint density at radius 3 is 2.72 bits per heavy atom. The molecule has 1 aliphatic rings. The molecule has 5 nitrogen and oxygen atoms in total. The van der Waals surface area contributed by atoms with Gasteiger partial charge < -0.3 is 5.32 Å². The summed E-state index contributed by atoms with van der Waals surface area (Å²) in [5.41, 5.74) is 1.17. The van der Waals surface area contributed by atoms with Crippen molar-refractivity contribution in [3.8, 4) is 0 Å². The van der Waals surface area contributed by atoms with Crippen LogP contribution in [-0.4, -0.2) is 38.3 Å². The van der Waals surface area contributed by atoms with Gasteiger partial charge in [0, 0.05) is 19.6 Å². The quantitative estimate of drug-likeness (QED) is 0.840. The first kappa shape index (κ1) is 18.1.